The Morgan fingerprint density at radius 3 is 1.46 bits per heavy atom. The average molecular weight is 518 g/mol. The second-order valence-corrected chi connectivity index (χ2v) is 11.3. The van der Waals surface area contributed by atoms with Crippen molar-refractivity contribution in [1.82, 2.24) is 9.97 Å². The fourth-order valence-electron chi connectivity index (χ4n) is 3.18. The summed E-state index contributed by atoms with van der Waals surface area (Å²) in [6.07, 6.45) is 0. The number of carbonyl (C=O) groups is 2. The zero-order valence-corrected chi connectivity index (χ0v) is 20.9. The van der Waals surface area contributed by atoms with Crippen molar-refractivity contribution < 1.29 is 26.4 Å². The normalized spacial score (nSPS) is 11.5. The molecule has 0 spiro atoms. The van der Waals surface area contributed by atoms with Gasteiger partial charge in [0.15, 0.2) is 5.82 Å². The number of hydrogen-bond donors (Lipinski definition) is 2. The fourth-order valence-corrected chi connectivity index (χ4v) is 6.76. The Hall–Kier alpha value is -3.84. The third kappa shape index (κ3) is 5.81. The van der Waals surface area contributed by atoms with Crippen LogP contribution >= 0.6 is 0 Å². The maximum atomic E-state index is 13.7. The molecule has 2 aromatic carbocycles. The van der Waals surface area contributed by atoms with Crippen LogP contribution in [0.25, 0.3) is 0 Å². The van der Waals surface area contributed by atoms with Crippen LogP contribution in [-0.4, -0.2) is 38.6 Å². The number of rotatable bonds is 7. The van der Waals surface area contributed by atoms with Crippen molar-refractivity contribution in [3.8, 4) is 0 Å². The van der Waals surface area contributed by atoms with Crippen LogP contribution in [0.4, 0.5) is 17.2 Å². The van der Waals surface area contributed by atoms with Crippen molar-refractivity contribution in [3.63, 3.8) is 0 Å². The molecule has 2 amide bonds. The Labute approximate surface area is 203 Å². The predicted octanol–water partition coefficient (Wildman–Crippen LogP) is 2.59. The van der Waals surface area contributed by atoms with Crippen molar-refractivity contribution in [2.24, 2.45) is 0 Å². The van der Waals surface area contributed by atoms with Crippen LogP contribution in [-0.2, 0) is 29.6 Å². The Morgan fingerprint density at radius 2 is 1.11 bits per heavy atom. The molecule has 184 valence electrons. The van der Waals surface area contributed by atoms with E-state index >= 15 is 0 Å². The highest BCUT2D eigenvalue weighted by Gasteiger charge is 2.38. The molecule has 0 saturated carbocycles. The smallest absolute Gasteiger partial charge is 0.279 e. The molecule has 0 aliphatic heterocycles. The van der Waals surface area contributed by atoms with E-state index in [1.165, 1.54) is 75.4 Å². The highest BCUT2D eigenvalue weighted by atomic mass is 32.3. The van der Waals surface area contributed by atoms with E-state index in [4.69, 9.17) is 0 Å². The van der Waals surface area contributed by atoms with Gasteiger partial charge in [0, 0.05) is 37.0 Å². The number of anilines is 3. The van der Waals surface area contributed by atoms with E-state index in [0.717, 1.165) is 0 Å². The number of nitrogens with zero attached hydrogens (tertiary/aromatic N) is 3. The summed E-state index contributed by atoms with van der Waals surface area (Å²) in [5, 5.41) is 5.04. The summed E-state index contributed by atoms with van der Waals surface area (Å²) in [5.74, 6) is -0.872. The molecule has 2 N–H and O–H groups in total. The lowest BCUT2D eigenvalue weighted by atomic mass is 10.3. The quantitative estimate of drug-likeness (QED) is 0.484. The van der Waals surface area contributed by atoms with Crippen molar-refractivity contribution in [3.05, 3.63) is 66.1 Å². The molecule has 0 bridgehead atoms. The minimum atomic E-state index is -4.70. The van der Waals surface area contributed by atoms with Gasteiger partial charge in [-0.3, -0.25) is 9.59 Å². The standard InChI is InChI=1S/C22H23N5O6S2/c1-14-13-22(24-15(2)23-14)27(34(30,31)20-9-5-18(6-10-20)25-16(3)28)35(32,33)21-11-7-19(8-12-21)26-17(4)29/h5-13H,1-4H3,(H,25,28)(H,26,29). The van der Waals surface area contributed by atoms with Gasteiger partial charge in [0.05, 0.1) is 9.79 Å². The molecule has 0 saturated heterocycles. The molecule has 11 nitrogen and oxygen atoms in total. The predicted molar refractivity (Wildman–Crippen MR) is 130 cm³/mol. The number of aromatic nitrogens is 2. The molecular formula is C22H23N5O6S2. The van der Waals surface area contributed by atoms with Gasteiger partial charge in [-0.1, -0.05) is 0 Å². The molecule has 0 aliphatic carbocycles. The van der Waals surface area contributed by atoms with Gasteiger partial charge in [0.25, 0.3) is 20.0 Å². The lowest BCUT2D eigenvalue weighted by Crippen LogP contribution is -2.38. The van der Waals surface area contributed by atoms with Crippen molar-refractivity contribution in [2.75, 3.05) is 14.3 Å². The lowest BCUT2D eigenvalue weighted by Gasteiger charge is -2.24. The third-order valence-electron chi connectivity index (χ3n) is 4.52. The molecule has 0 unspecified atom stereocenters. The molecule has 0 fully saturated rings. The molecule has 1 aromatic heterocycles. The van der Waals surface area contributed by atoms with Crippen molar-refractivity contribution in [2.45, 2.75) is 37.5 Å². The van der Waals surface area contributed by atoms with E-state index in [-0.39, 0.29) is 37.0 Å². The Morgan fingerprint density at radius 1 is 0.714 bits per heavy atom. The fraction of sp³-hybridized carbons (Fsp3) is 0.182. The van der Waals surface area contributed by atoms with Crippen LogP contribution in [0.15, 0.2) is 64.4 Å². The minimum Gasteiger partial charge on any atom is -0.326 e. The van der Waals surface area contributed by atoms with Gasteiger partial charge in [0.1, 0.15) is 5.82 Å². The van der Waals surface area contributed by atoms with E-state index in [9.17, 15) is 26.4 Å². The summed E-state index contributed by atoms with van der Waals surface area (Å²) < 4.78 is 54.9. The molecule has 1 heterocycles. The molecule has 3 rings (SSSR count). The minimum absolute atomic E-state index is 0.178. The Bertz CT molecular complexity index is 1380. The topological polar surface area (TPSA) is 156 Å². The highest BCUT2D eigenvalue weighted by molar-refractivity contribution is 8.10. The zero-order valence-electron chi connectivity index (χ0n) is 19.3. The maximum absolute atomic E-state index is 13.7. The number of nitrogens with one attached hydrogen (secondary N) is 2. The van der Waals surface area contributed by atoms with E-state index in [2.05, 4.69) is 20.6 Å². The summed E-state index contributed by atoms with van der Waals surface area (Å²) >= 11 is 0. The van der Waals surface area contributed by atoms with Crippen LogP contribution < -0.4 is 14.3 Å². The molecular weight excluding hydrogens is 494 g/mol. The summed E-state index contributed by atoms with van der Waals surface area (Å²) in [6.45, 7) is 5.70. The van der Waals surface area contributed by atoms with Gasteiger partial charge >= 0.3 is 0 Å². The monoisotopic (exact) mass is 517 g/mol. The number of hydrogen-bond acceptors (Lipinski definition) is 8. The second-order valence-electron chi connectivity index (χ2n) is 7.53. The zero-order chi connectivity index (χ0) is 26.0. The first kappa shape index (κ1) is 25.8. The molecule has 13 heteroatoms. The molecule has 35 heavy (non-hydrogen) atoms. The van der Waals surface area contributed by atoms with Gasteiger partial charge in [-0.2, -0.15) is 16.8 Å². The lowest BCUT2D eigenvalue weighted by molar-refractivity contribution is -0.115. The van der Waals surface area contributed by atoms with E-state index < -0.39 is 20.0 Å². The Balaban J connectivity index is 2.17. The van der Waals surface area contributed by atoms with Gasteiger partial charge in [0.2, 0.25) is 11.8 Å². The SMILES string of the molecule is CC(=O)Nc1ccc(S(=O)(=O)N(c2cc(C)nc(C)n2)S(=O)(=O)c2ccc(NC(C)=O)cc2)cc1. The number of carbonyl (C=O) groups excluding carboxylic acids is 2. The largest absolute Gasteiger partial charge is 0.326 e. The summed E-state index contributed by atoms with van der Waals surface area (Å²) in [7, 11) is -9.39. The third-order valence-corrected chi connectivity index (χ3v) is 8.68. The van der Waals surface area contributed by atoms with Crippen molar-refractivity contribution in [1.29, 1.82) is 0 Å². The summed E-state index contributed by atoms with van der Waals surface area (Å²) in [4.78, 5) is 30.0. The second kappa shape index (κ2) is 9.80. The van der Waals surface area contributed by atoms with Gasteiger partial charge in [-0.25, -0.2) is 9.97 Å². The Kier molecular flexibility index (Phi) is 7.22. The van der Waals surface area contributed by atoms with Gasteiger partial charge < -0.3 is 10.6 Å². The van der Waals surface area contributed by atoms with Gasteiger partial charge in [-0.15, -0.1) is 3.71 Å². The molecule has 0 radical (unpaired) electrons. The number of aryl methyl sites for hydroxylation is 2. The van der Waals surface area contributed by atoms with Gasteiger partial charge in [-0.05, 0) is 62.4 Å². The van der Waals surface area contributed by atoms with Crippen LogP contribution in [0.5, 0.6) is 0 Å². The van der Waals surface area contributed by atoms with Crippen LogP contribution in [0.2, 0.25) is 0 Å². The number of benzene rings is 2. The van der Waals surface area contributed by atoms with E-state index in [1.807, 2.05) is 0 Å². The first-order valence-electron chi connectivity index (χ1n) is 10.2. The summed E-state index contributed by atoms with van der Waals surface area (Å²) in [6, 6.07) is 11.4. The molecule has 0 aliphatic rings. The average Bonchev–Trinajstić information content (AvgIpc) is 2.72. The first-order chi connectivity index (χ1) is 16.3. The number of sulfonamides is 2. The maximum Gasteiger partial charge on any atom is 0.279 e. The number of amides is 2. The van der Waals surface area contributed by atoms with Crippen LogP contribution in [0, 0.1) is 13.8 Å². The summed E-state index contributed by atoms with van der Waals surface area (Å²) in [5.41, 5.74) is 1.05. The van der Waals surface area contributed by atoms with Crippen LogP contribution in [0.1, 0.15) is 25.4 Å². The van der Waals surface area contributed by atoms with Crippen LogP contribution in [0.3, 0.4) is 0 Å². The molecule has 3 aromatic rings. The van der Waals surface area contributed by atoms with Crippen molar-refractivity contribution >= 4 is 49.1 Å². The van der Waals surface area contributed by atoms with E-state index in [0.29, 0.717) is 17.1 Å². The molecule has 0 atom stereocenters. The highest BCUT2D eigenvalue weighted by Crippen LogP contribution is 2.31. The first-order valence-corrected chi connectivity index (χ1v) is 13.1. The van der Waals surface area contributed by atoms with E-state index in [1.54, 1.807) is 6.92 Å².